The van der Waals surface area contributed by atoms with E-state index in [0.717, 1.165) is 5.56 Å². The number of nitrogens with two attached hydrogens (primary N) is 1. The highest BCUT2D eigenvalue weighted by Crippen LogP contribution is 2.29. The molecule has 0 aliphatic carbocycles. The molecule has 0 aliphatic rings. The predicted molar refractivity (Wildman–Crippen MR) is 73.4 cm³/mol. The van der Waals surface area contributed by atoms with E-state index in [1.807, 2.05) is 25.1 Å². The summed E-state index contributed by atoms with van der Waals surface area (Å²) in [6.45, 7) is 1.85. The lowest BCUT2D eigenvalue weighted by atomic mass is 10.1. The molecule has 0 saturated heterocycles. The Hall–Kier alpha value is -2.49. The molecule has 0 saturated carbocycles. The van der Waals surface area contributed by atoms with Gasteiger partial charge in [-0.2, -0.15) is 0 Å². The van der Waals surface area contributed by atoms with Gasteiger partial charge < -0.3 is 15.6 Å². The molecule has 2 aromatic rings. The molecule has 0 bridgehead atoms. The average molecular weight is 257 g/mol. The van der Waals surface area contributed by atoms with E-state index in [9.17, 15) is 9.90 Å². The first-order valence-electron chi connectivity index (χ1n) is 5.91. The minimum atomic E-state index is -0.274. The quantitative estimate of drug-likeness (QED) is 0.652. The summed E-state index contributed by atoms with van der Waals surface area (Å²) in [6, 6.07) is 12.1. The van der Waals surface area contributed by atoms with Crippen LogP contribution >= 0.6 is 0 Å². The second-order valence-corrected chi connectivity index (χ2v) is 4.24. The highest BCUT2D eigenvalue weighted by molar-refractivity contribution is 5.83. The van der Waals surface area contributed by atoms with Gasteiger partial charge in [-0.05, 0) is 36.8 Å². The lowest BCUT2D eigenvalue weighted by molar-refractivity contribution is 0.111. The van der Waals surface area contributed by atoms with Crippen LogP contribution in [0.3, 0.4) is 0 Å². The molecule has 0 amide bonds. The number of aldehydes is 1. The molecule has 2 rings (SSSR count). The number of hydrogen-bond acceptors (Lipinski definition) is 4. The van der Waals surface area contributed by atoms with Gasteiger partial charge in [-0.3, -0.25) is 4.79 Å². The Morgan fingerprint density at radius 3 is 2.68 bits per heavy atom. The maximum absolute atomic E-state index is 11.0. The van der Waals surface area contributed by atoms with Crippen LogP contribution in [0, 0.1) is 0 Å². The zero-order chi connectivity index (χ0) is 13.8. The highest BCUT2D eigenvalue weighted by atomic mass is 16.5. The molecule has 3 N–H and O–H groups in total. The Bertz CT molecular complexity index is 596. The van der Waals surface area contributed by atoms with Gasteiger partial charge in [0.2, 0.25) is 0 Å². The van der Waals surface area contributed by atoms with Gasteiger partial charge in [-0.1, -0.05) is 18.2 Å². The van der Waals surface area contributed by atoms with E-state index in [2.05, 4.69) is 0 Å². The van der Waals surface area contributed by atoms with E-state index in [1.54, 1.807) is 18.2 Å². The summed E-state index contributed by atoms with van der Waals surface area (Å²) in [5, 5.41) is 9.59. The van der Waals surface area contributed by atoms with Gasteiger partial charge in [-0.15, -0.1) is 0 Å². The molecule has 0 fully saturated rings. The normalized spacial score (nSPS) is 11.8. The zero-order valence-corrected chi connectivity index (χ0v) is 10.5. The van der Waals surface area contributed by atoms with Crippen molar-refractivity contribution in [2.24, 2.45) is 0 Å². The fourth-order valence-corrected chi connectivity index (χ4v) is 1.82. The molecule has 0 spiro atoms. The fraction of sp³-hybridized carbons (Fsp3) is 0.133. The largest absolute Gasteiger partial charge is 0.507 e. The maximum atomic E-state index is 11.0. The van der Waals surface area contributed by atoms with Crippen molar-refractivity contribution in [3.8, 4) is 11.5 Å². The van der Waals surface area contributed by atoms with Gasteiger partial charge in [0.05, 0.1) is 5.56 Å². The SMILES string of the molecule is CC(Oc1cccc(O)c1C=O)c1cccc(N)c1. The molecule has 2 aromatic carbocycles. The molecule has 1 unspecified atom stereocenters. The Morgan fingerprint density at radius 1 is 1.26 bits per heavy atom. The van der Waals surface area contributed by atoms with Crippen LogP contribution in [0.5, 0.6) is 11.5 Å². The molecule has 0 aliphatic heterocycles. The Labute approximate surface area is 111 Å². The maximum Gasteiger partial charge on any atom is 0.157 e. The van der Waals surface area contributed by atoms with Crippen molar-refractivity contribution in [3.63, 3.8) is 0 Å². The fourth-order valence-electron chi connectivity index (χ4n) is 1.82. The molecular formula is C15H15NO3. The highest BCUT2D eigenvalue weighted by Gasteiger charge is 2.12. The molecule has 0 aromatic heterocycles. The first-order chi connectivity index (χ1) is 9.11. The Kier molecular flexibility index (Phi) is 3.71. The molecule has 1 atom stereocenters. The van der Waals surface area contributed by atoms with Crippen molar-refractivity contribution in [3.05, 3.63) is 53.6 Å². The van der Waals surface area contributed by atoms with Crippen LogP contribution in [0.15, 0.2) is 42.5 Å². The number of carbonyl (C=O) groups excluding carboxylic acids is 1. The van der Waals surface area contributed by atoms with Crippen molar-refractivity contribution in [2.45, 2.75) is 13.0 Å². The number of phenolic OH excluding ortho intramolecular Hbond substituents is 1. The number of anilines is 1. The smallest absolute Gasteiger partial charge is 0.157 e. The topological polar surface area (TPSA) is 72.5 Å². The van der Waals surface area contributed by atoms with Crippen LogP contribution < -0.4 is 10.5 Å². The van der Waals surface area contributed by atoms with E-state index in [-0.39, 0.29) is 17.4 Å². The molecular weight excluding hydrogens is 242 g/mol. The van der Waals surface area contributed by atoms with Crippen LogP contribution in [0.25, 0.3) is 0 Å². The van der Waals surface area contributed by atoms with E-state index in [4.69, 9.17) is 10.5 Å². The summed E-state index contributed by atoms with van der Waals surface area (Å²) in [4.78, 5) is 11.0. The third-order valence-electron chi connectivity index (χ3n) is 2.84. The van der Waals surface area contributed by atoms with E-state index < -0.39 is 0 Å². The second kappa shape index (κ2) is 5.44. The summed E-state index contributed by atoms with van der Waals surface area (Å²) in [5.74, 6) is 0.261. The third-order valence-corrected chi connectivity index (χ3v) is 2.84. The number of benzene rings is 2. The van der Waals surface area contributed by atoms with Crippen LogP contribution in [-0.4, -0.2) is 11.4 Å². The summed E-state index contributed by atoms with van der Waals surface area (Å²) in [7, 11) is 0. The van der Waals surface area contributed by atoms with Crippen molar-refractivity contribution >= 4 is 12.0 Å². The number of rotatable bonds is 4. The first kappa shape index (κ1) is 13.0. The Morgan fingerprint density at radius 2 is 2.00 bits per heavy atom. The Balaban J connectivity index is 2.26. The van der Waals surface area contributed by atoms with Gasteiger partial charge in [0.1, 0.15) is 17.6 Å². The van der Waals surface area contributed by atoms with Crippen LogP contribution in [0.2, 0.25) is 0 Å². The second-order valence-electron chi connectivity index (χ2n) is 4.24. The number of hydrogen-bond donors (Lipinski definition) is 2. The zero-order valence-electron chi connectivity index (χ0n) is 10.5. The number of carbonyl (C=O) groups is 1. The third kappa shape index (κ3) is 2.85. The summed E-state index contributed by atoms with van der Waals surface area (Å²) in [5.41, 5.74) is 7.42. The molecule has 0 heterocycles. The van der Waals surface area contributed by atoms with E-state index in [1.165, 1.54) is 6.07 Å². The standard InChI is InChI=1S/C15H15NO3/c1-10(11-4-2-5-12(16)8-11)19-15-7-3-6-14(18)13(15)9-17/h2-10,18H,16H2,1H3. The van der Waals surface area contributed by atoms with E-state index >= 15 is 0 Å². The number of aromatic hydroxyl groups is 1. The number of phenols is 1. The number of nitrogen functional groups attached to an aromatic ring is 1. The number of ether oxygens (including phenoxy) is 1. The van der Waals surface area contributed by atoms with Crippen LogP contribution in [0.4, 0.5) is 5.69 Å². The lowest BCUT2D eigenvalue weighted by Crippen LogP contribution is -2.05. The molecule has 4 nitrogen and oxygen atoms in total. The molecule has 19 heavy (non-hydrogen) atoms. The van der Waals surface area contributed by atoms with Crippen molar-refractivity contribution in [1.82, 2.24) is 0 Å². The summed E-state index contributed by atoms with van der Waals surface area (Å²) in [6.07, 6.45) is 0.306. The van der Waals surface area contributed by atoms with Gasteiger partial charge in [0, 0.05) is 5.69 Å². The predicted octanol–water partition coefficient (Wildman–Crippen LogP) is 2.93. The summed E-state index contributed by atoms with van der Waals surface area (Å²) >= 11 is 0. The average Bonchev–Trinajstić information content (AvgIpc) is 2.39. The van der Waals surface area contributed by atoms with E-state index in [0.29, 0.717) is 17.7 Å². The molecule has 0 radical (unpaired) electrons. The lowest BCUT2D eigenvalue weighted by Gasteiger charge is -2.17. The van der Waals surface area contributed by atoms with Crippen molar-refractivity contribution in [1.29, 1.82) is 0 Å². The first-order valence-corrected chi connectivity index (χ1v) is 5.91. The van der Waals surface area contributed by atoms with Crippen LogP contribution in [0.1, 0.15) is 28.9 Å². The van der Waals surface area contributed by atoms with Gasteiger partial charge in [-0.25, -0.2) is 0 Å². The summed E-state index contributed by atoms with van der Waals surface area (Å²) < 4.78 is 5.71. The van der Waals surface area contributed by atoms with Crippen molar-refractivity contribution in [2.75, 3.05) is 5.73 Å². The van der Waals surface area contributed by atoms with Gasteiger partial charge >= 0.3 is 0 Å². The minimum Gasteiger partial charge on any atom is -0.507 e. The molecule has 98 valence electrons. The minimum absolute atomic E-state index is 0.0905. The van der Waals surface area contributed by atoms with Crippen molar-refractivity contribution < 1.29 is 14.6 Å². The van der Waals surface area contributed by atoms with Crippen LogP contribution in [-0.2, 0) is 0 Å². The monoisotopic (exact) mass is 257 g/mol. The molecule has 4 heteroatoms. The van der Waals surface area contributed by atoms with Gasteiger partial charge in [0.15, 0.2) is 6.29 Å². The van der Waals surface area contributed by atoms with Gasteiger partial charge in [0.25, 0.3) is 0 Å².